The van der Waals surface area contributed by atoms with Crippen LogP contribution in [0.3, 0.4) is 0 Å². The van der Waals surface area contributed by atoms with E-state index in [9.17, 15) is 0 Å². The van der Waals surface area contributed by atoms with Crippen molar-refractivity contribution in [3.63, 3.8) is 0 Å². The van der Waals surface area contributed by atoms with Crippen LogP contribution in [0.1, 0.15) is 51.2 Å². The van der Waals surface area contributed by atoms with Gasteiger partial charge in [0, 0.05) is 12.7 Å². The molecule has 0 bridgehead atoms. The van der Waals surface area contributed by atoms with Gasteiger partial charge in [-0.05, 0) is 31.7 Å². The van der Waals surface area contributed by atoms with Crippen LogP contribution in [0.4, 0.5) is 0 Å². The van der Waals surface area contributed by atoms with Gasteiger partial charge in [0.1, 0.15) is 5.82 Å². The molecule has 0 saturated heterocycles. The third-order valence-corrected chi connectivity index (χ3v) is 3.20. The SMILES string of the molecule is CCc1cn2c(n1)[C@H](CC(C)C)NCCC2. The number of hydrogen-bond donors (Lipinski definition) is 1. The van der Waals surface area contributed by atoms with Crippen molar-refractivity contribution < 1.29 is 0 Å². The molecule has 2 rings (SSSR count). The predicted octanol–water partition coefficient (Wildman–Crippen LogP) is 2.53. The summed E-state index contributed by atoms with van der Waals surface area (Å²) < 4.78 is 2.35. The van der Waals surface area contributed by atoms with Crippen molar-refractivity contribution >= 4 is 0 Å². The average Bonchev–Trinajstić information content (AvgIpc) is 2.57. The summed E-state index contributed by atoms with van der Waals surface area (Å²) in [5, 5.41) is 3.62. The van der Waals surface area contributed by atoms with E-state index < -0.39 is 0 Å². The molecule has 1 aliphatic heterocycles. The molecule has 0 fully saturated rings. The fourth-order valence-corrected chi connectivity index (χ4v) is 2.39. The second kappa shape index (κ2) is 5.00. The lowest BCUT2D eigenvalue weighted by molar-refractivity contribution is 0.424. The Morgan fingerprint density at radius 2 is 2.38 bits per heavy atom. The van der Waals surface area contributed by atoms with Crippen molar-refractivity contribution in [2.45, 2.75) is 52.6 Å². The molecular weight excluding hydrogens is 198 g/mol. The lowest BCUT2D eigenvalue weighted by Gasteiger charge is -2.17. The maximum absolute atomic E-state index is 4.76. The lowest BCUT2D eigenvalue weighted by atomic mass is 10.0. The van der Waals surface area contributed by atoms with Gasteiger partial charge in [-0.25, -0.2) is 4.98 Å². The smallest absolute Gasteiger partial charge is 0.126 e. The second-order valence-corrected chi connectivity index (χ2v) is 5.13. The van der Waals surface area contributed by atoms with E-state index in [0.29, 0.717) is 12.0 Å². The van der Waals surface area contributed by atoms with Gasteiger partial charge in [-0.3, -0.25) is 0 Å². The van der Waals surface area contributed by atoms with E-state index in [1.165, 1.54) is 24.4 Å². The summed E-state index contributed by atoms with van der Waals surface area (Å²) in [6.07, 6.45) is 5.66. The Kier molecular flexibility index (Phi) is 3.64. The number of aromatic nitrogens is 2. The Morgan fingerprint density at radius 3 is 3.06 bits per heavy atom. The molecule has 1 aliphatic rings. The molecule has 0 radical (unpaired) electrons. The monoisotopic (exact) mass is 221 g/mol. The maximum atomic E-state index is 4.76. The van der Waals surface area contributed by atoms with Gasteiger partial charge in [0.25, 0.3) is 0 Å². The van der Waals surface area contributed by atoms with Gasteiger partial charge in [0.15, 0.2) is 0 Å². The molecule has 1 aromatic heterocycles. The van der Waals surface area contributed by atoms with Crippen LogP contribution in [0.25, 0.3) is 0 Å². The molecule has 0 saturated carbocycles. The minimum Gasteiger partial charge on any atom is -0.333 e. The molecule has 1 aromatic rings. The van der Waals surface area contributed by atoms with Crippen LogP contribution < -0.4 is 5.32 Å². The van der Waals surface area contributed by atoms with Gasteiger partial charge in [-0.1, -0.05) is 20.8 Å². The Bertz CT molecular complexity index is 341. The number of nitrogens with one attached hydrogen (secondary N) is 1. The molecule has 90 valence electrons. The summed E-state index contributed by atoms with van der Waals surface area (Å²) in [5.74, 6) is 1.97. The van der Waals surface area contributed by atoms with Crippen molar-refractivity contribution in [2.75, 3.05) is 6.54 Å². The highest BCUT2D eigenvalue weighted by Crippen LogP contribution is 2.23. The molecule has 0 aliphatic carbocycles. The minimum absolute atomic E-state index is 0.447. The van der Waals surface area contributed by atoms with Crippen LogP contribution in [0.15, 0.2) is 6.20 Å². The van der Waals surface area contributed by atoms with Gasteiger partial charge in [0.2, 0.25) is 0 Å². The van der Waals surface area contributed by atoms with E-state index in [1.807, 2.05) is 0 Å². The van der Waals surface area contributed by atoms with Crippen molar-refractivity contribution in [2.24, 2.45) is 5.92 Å². The van der Waals surface area contributed by atoms with Crippen molar-refractivity contribution in [1.29, 1.82) is 0 Å². The zero-order valence-electron chi connectivity index (χ0n) is 10.7. The third kappa shape index (κ3) is 2.46. The fraction of sp³-hybridized carbons (Fsp3) is 0.769. The maximum Gasteiger partial charge on any atom is 0.126 e. The number of aryl methyl sites for hydroxylation is 2. The largest absolute Gasteiger partial charge is 0.333 e. The van der Waals surface area contributed by atoms with Gasteiger partial charge in [-0.15, -0.1) is 0 Å². The van der Waals surface area contributed by atoms with Crippen molar-refractivity contribution in [3.8, 4) is 0 Å². The van der Waals surface area contributed by atoms with Crippen molar-refractivity contribution in [3.05, 3.63) is 17.7 Å². The van der Waals surface area contributed by atoms with E-state index in [1.54, 1.807) is 0 Å². The molecule has 0 unspecified atom stereocenters. The molecule has 0 aromatic carbocycles. The van der Waals surface area contributed by atoms with E-state index in [2.05, 4.69) is 36.9 Å². The normalized spacial score (nSPS) is 20.9. The number of hydrogen-bond acceptors (Lipinski definition) is 2. The molecule has 16 heavy (non-hydrogen) atoms. The van der Waals surface area contributed by atoms with E-state index in [0.717, 1.165) is 19.5 Å². The van der Waals surface area contributed by atoms with Crippen LogP contribution in [-0.2, 0) is 13.0 Å². The Morgan fingerprint density at radius 1 is 1.56 bits per heavy atom. The summed E-state index contributed by atoms with van der Waals surface area (Å²) in [4.78, 5) is 4.76. The molecule has 1 N–H and O–H groups in total. The third-order valence-electron chi connectivity index (χ3n) is 3.20. The summed E-state index contributed by atoms with van der Waals surface area (Å²) in [6, 6.07) is 0.447. The first-order chi connectivity index (χ1) is 7.70. The molecule has 0 spiro atoms. The zero-order valence-corrected chi connectivity index (χ0v) is 10.7. The molecule has 3 heteroatoms. The quantitative estimate of drug-likeness (QED) is 0.850. The van der Waals surface area contributed by atoms with E-state index in [-0.39, 0.29) is 0 Å². The number of rotatable bonds is 3. The minimum atomic E-state index is 0.447. The van der Waals surface area contributed by atoms with E-state index in [4.69, 9.17) is 4.98 Å². The second-order valence-electron chi connectivity index (χ2n) is 5.13. The number of fused-ring (bicyclic) bond motifs is 1. The molecule has 1 atom stereocenters. The summed E-state index contributed by atoms with van der Waals surface area (Å²) in [5.41, 5.74) is 1.23. The highest BCUT2D eigenvalue weighted by molar-refractivity contribution is 5.09. The first kappa shape index (κ1) is 11.6. The highest BCUT2D eigenvalue weighted by atomic mass is 15.1. The first-order valence-corrected chi connectivity index (χ1v) is 6.50. The average molecular weight is 221 g/mol. The number of nitrogens with zero attached hydrogens (tertiary/aromatic N) is 2. The first-order valence-electron chi connectivity index (χ1n) is 6.50. The van der Waals surface area contributed by atoms with Crippen LogP contribution in [-0.4, -0.2) is 16.1 Å². The Hall–Kier alpha value is -0.830. The summed E-state index contributed by atoms with van der Waals surface area (Å²) in [7, 11) is 0. The van der Waals surface area contributed by atoms with Crippen LogP contribution in [0.2, 0.25) is 0 Å². The lowest BCUT2D eigenvalue weighted by Crippen LogP contribution is -2.23. The Labute approximate surface area is 98.3 Å². The molecular formula is C13H23N3. The van der Waals surface area contributed by atoms with Crippen LogP contribution >= 0.6 is 0 Å². The molecule has 0 amide bonds. The standard InChI is InChI=1S/C13H23N3/c1-4-11-9-16-7-5-6-14-12(8-10(2)3)13(16)15-11/h9-10,12,14H,4-8H2,1-3H3/t12-/m0/s1. The van der Waals surface area contributed by atoms with Crippen LogP contribution in [0, 0.1) is 5.92 Å². The summed E-state index contributed by atoms with van der Waals surface area (Å²) in [6.45, 7) is 8.96. The topological polar surface area (TPSA) is 29.9 Å². The van der Waals surface area contributed by atoms with Crippen LogP contribution in [0.5, 0.6) is 0 Å². The van der Waals surface area contributed by atoms with Gasteiger partial charge >= 0.3 is 0 Å². The van der Waals surface area contributed by atoms with Crippen molar-refractivity contribution in [1.82, 2.24) is 14.9 Å². The molecule has 3 nitrogen and oxygen atoms in total. The van der Waals surface area contributed by atoms with E-state index >= 15 is 0 Å². The van der Waals surface area contributed by atoms with Gasteiger partial charge in [-0.2, -0.15) is 0 Å². The molecule has 2 heterocycles. The van der Waals surface area contributed by atoms with Gasteiger partial charge < -0.3 is 9.88 Å². The summed E-state index contributed by atoms with van der Waals surface area (Å²) >= 11 is 0. The fourth-order valence-electron chi connectivity index (χ4n) is 2.39. The predicted molar refractivity (Wildman–Crippen MR) is 66.4 cm³/mol. The zero-order chi connectivity index (χ0) is 11.5. The number of imidazole rings is 1. The van der Waals surface area contributed by atoms with Gasteiger partial charge in [0.05, 0.1) is 11.7 Å². The Balaban J connectivity index is 2.24. The highest BCUT2D eigenvalue weighted by Gasteiger charge is 2.21.